The molecule has 1 atom stereocenters. The Morgan fingerprint density at radius 3 is 2.78 bits per heavy atom. The first kappa shape index (κ1) is 17.3. The highest BCUT2D eigenvalue weighted by atomic mass is 16.5. The number of carbonyl (C=O) groups excluding carboxylic acids is 1. The van der Waals surface area contributed by atoms with Gasteiger partial charge in [0.05, 0.1) is 7.11 Å². The second kappa shape index (κ2) is 7.23. The van der Waals surface area contributed by atoms with Crippen molar-refractivity contribution in [1.82, 2.24) is 15.0 Å². The molecule has 0 N–H and O–H groups in total. The summed E-state index contributed by atoms with van der Waals surface area (Å²) in [4.78, 5) is 19.3. The number of aromatic nitrogens is 2. The highest BCUT2D eigenvalue weighted by molar-refractivity contribution is 5.94. The fraction of sp³-hybridized carbons (Fsp3) is 0.286. The summed E-state index contributed by atoms with van der Waals surface area (Å²) < 4.78 is 10.7. The van der Waals surface area contributed by atoms with Gasteiger partial charge in [-0.2, -0.15) is 4.98 Å². The van der Waals surface area contributed by atoms with E-state index in [0.717, 1.165) is 29.7 Å². The van der Waals surface area contributed by atoms with Crippen molar-refractivity contribution in [2.24, 2.45) is 0 Å². The van der Waals surface area contributed by atoms with Gasteiger partial charge in [-0.15, -0.1) is 0 Å². The molecule has 0 aliphatic carbocycles. The molecule has 6 heteroatoms. The number of likely N-dealkylation sites (tertiary alicyclic amines) is 1. The van der Waals surface area contributed by atoms with E-state index in [1.807, 2.05) is 60.4 Å². The van der Waals surface area contributed by atoms with Gasteiger partial charge in [-0.3, -0.25) is 4.79 Å². The van der Waals surface area contributed by atoms with Crippen molar-refractivity contribution in [2.45, 2.75) is 25.8 Å². The van der Waals surface area contributed by atoms with Gasteiger partial charge in [0.2, 0.25) is 11.7 Å². The van der Waals surface area contributed by atoms with Gasteiger partial charge in [0, 0.05) is 17.7 Å². The lowest BCUT2D eigenvalue weighted by Gasteiger charge is -2.22. The molecule has 0 radical (unpaired) electrons. The molecule has 1 aliphatic rings. The molecule has 1 aromatic heterocycles. The molecule has 0 unspecified atom stereocenters. The minimum absolute atomic E-state index is 0.00500. The van der Waals surface area contributed by atoms with E-state index in [1.54, 1.807) is 7.11 Å². The Morgan fingerprint density at radius 1 is 1.22 bits per heavy atom. The first-order valence-corrected chi connectivity index (χ1v) is 9.01. The third-order valence-corrected chi connectivity index (χ3v) is 4.85. The van der Waals surface area contributed by atoms with Crippen molar-refractivity contribution in [1.29, 1.82) is 0 Å². The lowest BCUT2D eigenvalue weighted by atomic mass is 10.1. The maximum atomic E-state index is 13.0. The quantitative estimate of drug-likeness (QED) is 0.700. The predicted octanol–water partition coefficient (Wildman–Crippen LogP) is 4.03. The van der Waals surface area contributed by atoms with Crippen LogP contribution in [0.15, 0.2) is 53.1 Å². The Labute approximate surface area is 157 Å². The average molecular weight is 363 g/mol. The van der Waals surface area contributed by atoms with Gasteiger partial charge in [-0.25, -0.2) is 0 Å². The Kier molecular flexibility index (Phi) is 4.62. The van der Waals surface area contributed by atoms with Crippen molar-refractivity contribution in [2.75, 3.05) is 13.7 Å². The number of hydrogen-bond donors (Lipinski definition) is 0. The van der Waals surface area contributed by atoms with Crippen LogP contribution in [0.3, 0.4) is 0 Å². The van der Waals surface area contributed by atoms with Crippen molar-refractivity contribution < 1.29 is 14.1 Å². The molecule has 1 amide bonds. The standard InChI is InChI=1S/C21H21N3O3/c1-14-5-3-6-16(13-14)21(25)24-12-4-7-18(24)20-22-19(23-27-20)15-8-10-17(26-2)11-9-15/h3,5-6,8-11,13,18H,4,7,12H2,1-2H3/t18-/m0/s1. The van der Waals surface area contributed by atoms with Gasteiger partial charge in [-0.1, -0.05) is 22.9 Å². The van der Waals surface area contributed by atoms with E-state index < -0.39 is 0 Å². The summed E-state index contributed by atoms with van der Waals surface area (Å²) in [7, 11) is 1.63. The topological polar surface area (TPSA) is 68.5 Å². The van der Waals surface area contributed by atoms with Crippen molar-refractivity contribution in [3.8, 4) is 17.1 Å². The Morgan fingerprint density at radius 2 is 2.04 bits per heavy atom. The van der Waals surface area contributed by atoms with Crippen LogP contribution < -0.4 is 4.74 Å². The summed E-state index contributed by atoms with van der Waals surface area (Å²) in [5, 5.41) is 4.10. The van der Waals surface area contributed by atoms with Crippen LogP contribution in [0.5, 0.6) is 5.75 Å². The summed E-state index contributed by atoms with van der Waals surface area (Å²) in [5.41, 5.74) is 2.60. The number of aryl methyl sites for hydroxylation is 1. The molecule has 2 heterocycles. The smallest absolute Gasteiger partial charge is 0.254 e. The highest BCUT2D eigenvalue weighted by Gasteiger charge is 2.34. The number of rotatable bonds is 4. The fourth-order valence-corrected chi connectivity index (χ4v) is 3.44. The second-order valence-electron chi connectivity index (χ2n) is 6.71. The van der Waals surface area contributed by atoms with E-state index in [0.29, 0.717) is 23.8 Å². The van der Waals surface area contributed by atoms with Gasteiger partial charge in [-0.05, 0) is 56.2 Å². The maximum absolute atomic E-state index is 13.0. The van der Waals surface area contributed by atoms with Crippen molar-refractivity contribution >= 4 is 5.91 Å². The molecule has 0 spiro atoms. The van der Waals surface area contributed by atoms with Crippen LogP contribution in [0.2, 0.25) is 0 Å². The van der Waals surface area contributed by atoms with Crippen LogP contribution in [0, 0.1) is 6.92 Å². The fourth-order valence-electron chi connectivity index (χ4n) is 3.44. The molecule has 2 aromatic carbocycles. The van der Waals surface area contributed by atoms with Gasteiger partial charge >= 0.3 is 0 Å². The maximum Gasteiger partial charge on any atom is 0.254 e. The van der Waals surface area contributed by atoms with Crippen LogP contribution in [0.25, 0.3) is 11.4 Å². The van der Waals surface area contributed by atoms with Crippen LogP contribution in [-0.4, -0.2) is 34.6 Å². The normalized spacial score (nSPS) is 16.5. The first-order chi connectivity index (χ1) is 13.2. The monoisotopic (exact) mass is 363 g/mol. The third kappa shape index (κ3) is 3.43. The van der Waals surface area contributed by atoms with E-state index in [4.69, 9.17) is 9.26 Å². The van der Waals surface area contributed by atoms with Gasteiger partial charge < -0.3 is 14.2 Å². The number of benzene rings is 2. The van der Waals surface area contributed by atoms with Crippen LogP contribution >= 0.6 is 0 Å². The molecule has 0 saturated carbocycles. The number of carbonyl (C=O) groups is 1. The molecule has 4 rings (SSSR count). The summed E-state index contributed by atoms with van der Waals surface area (Å²) in [6.45, 7) is 2.68. The van der Waals surface area contributed by atoms with Gasteiger partial charge in [0.15, 0.2) is 0 Å². The average Bonchev–Trinajstić information content (AvgIpc) is 3.37. The molecule has 1 fully saturated rings. The van der Waals surface area contributed by atoms with Crippen molar-refractivity contribution in [3.63, 3.8) is 0 Å². The van der Waals surface area contributed by atoms with Gasteiger partial charge in [0.1, 0.15) is 11.8 Å². The number of ether oxygens (including phenoxy) is 1. The van der Waals surface area contributed by atoms with E-state index >= 15 is 0 Å². The molecule has 1 saturated heterocycles. The highest BCUT2D eigenvalue weighted by Crippen LogP contribution is 2.33. The molecule has 138 valence electrons. The largest absolute Gasteiger partial charge is 0.497 e. The minimum Gasteiger partial charge on any atom is -0.497 e. The third-order valence-electron chi connectivity index (χ3n) is 4.85. The lowest BCUT2D eigenvalue weighted by Crippen LogP contribution is -2.30. The Balaban J connectivity index is 1.57. The molecule has 6 nitrogen and oxygen atoms in total. The van der Waals surface area contributed by atoms with E-state index in [1.165, 1.54) is 0 Å². The van der Waals surface area contributed by atoms with E-state index in [2.05, 4.69) is 10.1 Å². The van der Waals surface area contributed by atoms with Crippen LogP contribution in [-0.2, 0) is 0 Å². The molecule has 0 bridgehead atoms. The predicted molar refractivity (Wildman–Crippen MR) is 100 cm³/mol. The molecule has 3 aromatic rings. The summed E-state index contributed by atoms with van der Waals surface area (Å²) >= 11 is 0. The number of nitrogens with zero attached hydrogens (tertiary/aromatic N) is 3. The van der Waals surface area contributed by atoms with Crippen LogP contribution in [0.4, 0.5) is 0 Å². The molecule has 1 aliphatic heterocycles. The zero-order valence-corrected chi connectivity index (χ0v) is 15.4. The van der Waals surface area contributed by atoms with Crippen LogP contribution in [0.1, 0.15) is 40.7 Å². The molecular formula is C21H21N3O3. The summed E-state index contributed by atoms with van der Waals surface area (Å²) in [6, 6.07) is 14.9. The Bertz CT molecular complexity index is 949. The number of hydrogen-bond acceptors (Lipinski definition) is 5. The first-order valence-electron chi connectivity index (χ1n) is 9.01. The van der Waals surface area contributed by atoms with Crippen molar-refractivity contribution in [3.05, 3.63) is 65.5 Å². The van der Waals surface area contributed by atoms with Gasteiger partial charge in [0.25, 0.3) is 5.91 Å². The lowest BCUT2D eigenvalue weighted by molar-refractivity contribution is 0.0710. The number of amides is 1. The van der Waals surface area contributed by atoms with E-state index in [9.17, 15) is 4.79 Å². The zero-order chi connectivity index (χ0) is 18.8. The summed E-state index contributed by atoms with van der Waals surface area (Å²) in [6.07, 6.45) is 1.74. The molecule has 27 heavy (non-hydrogen) atoms. The number of methoxy groups -OCH3 is 1. The summed E-state index contributed by atoms with van der Waals surface area (Å²) in [5.74, 6) is 1.78. The Hall–Kier alpha value is -3.15. The molecular weight excluding hydrogens is 342 g/mol. The minimum atomic E-state index is -0.183. The SMILES string of the molecule is COc1ccc(-c2noc([C@@H]3CCCN3C(=O)c3cccc(C)c3)n2)cc1. The second-order valence-corrected chi connectivity index (χ2v) is 6.71. The van der Waals surface area contributed by atoms with E-state index in [-0.39, 0.29) is 11.9 Å². The zero-order valence-electron chi connectivity index (χ0n) is 15.4.